The Kier molecular flexibility index (Phi) is 10.6. The van der Waals surface area contributed by atoms with Crippen LogP contribution in [0.15, 0.2) is 27.4 Å². The molecule has 1 aromatic rings. The Morgan fingerprint density at radius 1 is 1.28 bits per heavy atom. The van der Waals surface area contributed by atoms with E-state index in [4.69, 9.17) is 19.2 Å². The lowest BCUT2D eigenvalue weighted by atomic mass is 9.63. The number of carbonyl (C=O) groups excluding carboxylic acids is 3. The van der Waals surface area contributed by atoms with Crippen LogP contribution in [0.3, 0.4) is 0 Å². The highest BCUT2D eigenvalue weighted by molar-refractivity contribution is 6.08. The Morgan fingerprint density at radius 3 is 2.67 bits per heavy atom. The lowest BCUT2D eigenvalue weighted by molar-refractivity contribution is -0.158. The van der Waals surface area contributed by atoms with Crippen molar-refractivity contribution >= 4 is 29.2 Å². The van der Waals surface area contributed by atoms with Gasteiger partial charge >= 0.3 is 11.9 Å². The lowest BCUT2D eigenvalue weighted by Gasteiger charge is -2.43. The maximum absolute atomic E-state index is 13.0. The van der Waals surface area contributed by atoms with Gasteiger partial charge in [-0.2, -0.15) is 0 Å². The van der Waals surface area contributed by atoms with Gasteiger partial charge in [0.05, 0.1) is 24.2 Å². The van der Waals surface area contributed by atoms with Crippen LogP contribution in [0.4, 0.5) is 0 Å². The molecule has 39 heavy (non-hydrogen) atoms. The molecule has 0 aliphatic heterocycles. The molecule has 1 saturated carbocycles. The quantitative estimate of drug-likeness (QED) is 0.276. The monoisotopic (exact) mass is 546 g/mol. The van der Waals surface area contributed by atoms with Gasteiger partial charge in [0.1, 0.15) is 23.3 Å². The van der Waals surface area contributed by atoms with E-state index in [2.05, 4.69) is 10.3 Å². The molecule has 2 aliphatic rings. The van der Waals surface area contributed by atoms with Crippen LogP contribution < -0.4 is 0 Å². The number of Topliss-reactive ketones (excluding diaryl/α,β-unsaturated/α-hetero) is 1. The number of aryl methyl sites for hydroxylation is 1. The Bertz CT molecular complexity index is 1120. The van der Waals surface area contributed by atoms with Crippen molar-refractivity contribution < 1.29 is 43.5 Å². The predicted molar refractivity (Wildman–Crippen MR) is 138 cm³/mol. The molecule has 0 bridgehead atoms. The number of hydrogen-bond donors (Lipinski definition) is 2. The molecular formula is C28H38N2O9. The molecule has 1 heterocycles. The summed E-state index contributed by atoms with van der Waals surface area (Å²) in [6.07, 6.45) is 0.931. The van der Waals surface area contributed by atoms with Gasteiger partial charge in [-0.1, -0.05) is 31.1 Å². The maximum atomic E-state index is 13.0. The van der Waals surface area contributed by atoms with Crippen LogP contribution in [0.2, 0.25) is 0 Å². The first kappa shape index (κ1) is 30.2. The van der Waals surface area contributed by atoms with Crippen LogP contribution in [0.25, 0.3) is 0 Å². The summed E-state index contributed by atoms with van der Waals surface area (Å²) in [5.74, 6) is -2.65. The van der Waals surface area contributed by atoms with Gasteiger partial charge in [-0.25, -0.2) is 0 Å². The average molecular weight is 547 g/mol. The number of aliphatic carboxylic acids is 1. The predicted octanol–water partition coefficient (Wildman–Crippen LogP) is 3.56. The van der Waals surface area contributed by atoms with Gasteiger partial charge in [-0.15, -0.1) is 0 Å². The first-order valence-corrected chi connectivity index (χ1v) is 13.5. The molecule has 0 saturated heterocycles. The number of aliphatic hydroxyl groups excluding tert-OH is 1. The van der Waals surface area contributed by atoms with Crippen molar-refractivity contribution in [1.29, 1.82) is 0 Å². The zero-order chi connectivity index (χ0) is 28.7. The smallest absolute Gasteiger partial charge is 0.308 e. The normalized spacial score (nSPS) is 25.4. The van der Waals surface area contributed by atoms with E-state index in [0.29, 0.717) is 48.4 Å². The molecule has 0 aromatic carbocycles. The van der Waals surface area contributed by atoms with Gasteiger partial charge in [0.25, 0.3) is 0 Å². The van der Waals surface area contributed by atoms with Crippen LogP contribution in [-0.4, -0.2) is 56.8 Å². The summed E-state index contributed by atoms with van der Waals surface area (Å²) in [6.45, 7) is 7.37. The molecule has 0 amide bonds. The number of esters is 1. The van der Waals surface area contributed by atoms with E-state index in [1.807, 2.05) is 6.92 Å². The molecule has 2 aliphatic carbocycles. The van der Waals surface area contributed by atoms with Crippen LogP contribution in [0.5, 0.6) is 0 Å². The maximum Gasteiger partial charge on any atom is 0.308 e. The number of oxime groups is 1. The molecule has 11 nitrogen and oxygen atoms in total. The number of aliphatic hydroxyl groups is 1. The number of carboxylic acids is 1. The zero-order valence-corrected chi connectivity index (χ0v) is 22.9. The third-order valence-corrected chi connectivity index (χ3v) is 7.58. The van der Waals surface area contributed by atoms with Crippen molar-refractivity contribution in [3.05, 3.63) is 29.2 Å². The Hall–Kier alpha value is -3.34. The number of carboxylic acid groups (broad SMARTS) is 1. The van der Waals surface area contributed by atoms with E-state index in [1.165, 1.54) is 0 Å². The molecule has 11 heteroatoms. The number of aromatic nitrogens is 1. The summed E-state index contributed by atoms with van der Waals surface area (Å²) in [5.41, 5.74) is 1.81. The fourth-order valence-electron chi connectivity index (χ4n) is 5.21. The van der Waals surface area contributed by atoms with Crippen molar-refractivity contribution in [3.63, 3.8) is 0 Å². The Labute approximate surface area is 227 Å². The molecule has 1 fully saturated rings. The van der Waals surface area contributed by atoms with E-state index in [0.717, 1.165) is 0 Å². The highest BCUT2D eigenvalue weighted by Crippen LogP contribution is 2.44. The number of rotatable bonds is 13. The van der Waals surface area contributed by atoms with Crippen LogP contribution in [0.1, 0.15) is 77.2 Å². The minimum atomic E-state index is -1.26. The van der Waals surface area contributed by atoms with Crippen molar-refractivity contribution in [3.8, 4) is 0 Å². The average Bonchev–Trinajstić information content (AvgIpc) is 3.29. The molecule has 6 unspecified atom stereocenters. The second kappa shape index (κ2) is 13.6. The second-order valence-corrected chi connectivity index (χ2v) is 10.6. The van der Waals surface area contributed by atoms with E-state index in [-0.39, 0.29) is 54.7 Å². The highest BCUT2D eigenvalue weighted by atomic mass is 16.6. The van der Waals surface area contributed by atoms with Gasteiger partial charge in [0, 0.05) is 30.7 Å². The molecular weight excluding hydrogens is 508 g/mol. The number of fused-ring (bicyclic) bond motifs is 1. The van der Waals surface area contributed by atoms with E-state index >= 15 is 0 Å². The summed E-state index contributed by atoms with van der Waals surface area (Å²) in [7, 11) is 0. The van der Waals surface area contributed by atoms with Crippen LogP contribution >= 0.6 is 0 Å². The third-order valence-electron chi connectivity index (χ3n) is 7.58. The number of ketones is 2. The first-order chi connectivity index (χ1) is 18.5. The number of nitrogens with zero attached hydrogens (tertiary/aromatic N) is 2. The minimum Gasteiger partial charge on any atom is -0.481 e. The Balaban J connectivity index is 1.82. The summed E-state index contributed by atoms with van der Waals surface area (Å²) in [4.78, 5) is 54.7. The standard InChI is InChI=1S/C28H38N2O9/c1-5-15(2)28(36)38-25-9-8-23(30-37-14-18-10-16(3)39-29-18)22-13-24(33)17(4)21(27(22)25)7-6-19(31)11-20(32)12-26(34)35/h10,13,15,17,20-21,25,27,32H,5-9,11-12,14H2,1-4H3,(H,34,35)/b30-23+. The first-order valence-electron chi connectivity index (χ1n) is 13.5. The van der Waals surface area contributed by atoms with Gasteiger partial charge in [-0.3, -0.25) is 19.2 Å². The number of hydrogen-bond acceptors (Lipinski definition) is 10. The topological polar surface area (TPSA) is 166 Å². The SMILES string of the molecule is CCC(C)C(=O)OC1CC/C(=N\OCc2cc(C)on2)C2=CC(=O)C(C)C(CCC(=O)CC(O)CC(=O)O)C21. The third kappa shape index (κ3) is 8.08. The molecule has 0 radical (unpaired) electrons. The molecule has 3 rings (SSSR count). The van der Waals surface area contributed by atoms with Gasteiger partial charge in [0.15, 0.2) is 12.4 Å². The van der Waals surface area contributed by atoms with E-state index in [9.17, 15) is 24.3 Å². The molecule has 214 valence electrons. The summed E-state index contributed by atoms with van der Waals surface area (Å²) in [6, 6.07) is 1.74. The number of carbonyl (C=O) groups is 4. The van der Waals surface area contributed by atoms with Crippen LogP contribution in [0, 0.1) is 30.6 Å². The lowest BCUT2D eigenvalue weighted by Crippen LogP contribution is -2.46. The van der Waals surface area contributed by atoms with Crippen molar-refractivity contribution in [2.24, 2.45) is 28.8 Å². The molecule has 6 atom stereocenters. The molecule has 2 N–H and O–H groups in total. The fourth-order valence-corrected chi connectivity index (χ4v) is 5.21. The van der Waals surface area contributed by atoms with Gasteiger partial charge in [0.2, 0.25) is 0 Å². The van der Waals surface area contributed by atoms with E-state index in [1.54, 1.807) is 32.9 Å². The zero-order valence-electron chi connectivity index (χ0n) is 22.9. The number of ether oxygens (including phenoxy) is 1. The minimum absolute atomic E-state index is 0.0588. The van der Waals surface area contributed by atoms with Gasteiger partial charge in [-0.05, 0) is 50.2 Å². The van der Waals surface area contributed by atoms with Crippen molar-refractivity contribution in [2.75, 3.05) is 0 Å². The van der Waals surface area contributed by atoms with Crippen LogP contribution in [-0.2, 0) is 35.4 Å². The van der Waals surface area contributed by atoms with Crippen molar-refractivity contribution in [2.45, 2.75) is 91.5 Å². The molecule has 1 aromatic heterocycles. The van der Waals surface area contributed by atoms with Crippen molar-refractivity contribution in [1.82, 2.24) is 5.16 Å². The Morgan fingerprint density at radius 2 is 2.03 bits per heavy atom. The summed E-state index contributed by atoms with van der Waals surface area (Å²) >= 11 is 0. The second-order valence-electron chi connectivity index (χ2n) is 10.6. The fraction of sp³-hybridized carbons (Fsp3) is 0.643. The van der Waals surface area contributed by atoms with E-state index < -0.39 is 30.5 Å². The molecule has 0 spiro atoms. The van der Waals surface area contributed by atoms with Gasteiger partial charge < -0.3 is 24.3 Å². The highest BCUT2D eigenvalue weighted by Gasteiger charge is 2.46. The number of allylic oxidation sites excluding steroid dienone is 1. The largest absolute Gasteiger partial charge is 0.481 e. The summed E-state index contributed by atoms with van der Waals surface area (Å²) in [5, 5.41) is 26.9. The summed E-state index contributed by atoms with van der Waals surface area (Å²) < 4.78 is 11.0.